The van der Waals surface area contributed by atoms with Crippen LogP contribution in [0.4, 0.5) is 5.69 Å². The maximum Gasteiger partial charge on any atom is 0.0662 e. The van der Waals surface area contributed by atoms with Gasteiger partial charge in [-0.2, -0.15) is 0 Å². The van der Waals surface area contributed by atoms with Crippen molar-refractivity contribution >= 4 is 11.4 Å². The van der Waals surface area contributed by atoms with Gasteiger partial charge in [-0.1, -0.05) is 52.0 Å². The first kappa shape index (κ1) is 19.8. The molecule has 0 bridgehead atoms. The molecule has 2 nitrogen and oxygen atoms in total. The van der Waals surface area contributed by atoms with E-state index in [1.807, 2.05) is 72.9 Å². The second-order valence-corrected chi connectivity index (χ2v) is 3.44. The lowest BCUT2D eigenvalue weighted by atomic mass is 10.2. The second-order valence-electron chi connectivity index (χ2n) is 3.44. The third kappa shape index (κ3) is 7.45. The quantitative estimate of drug-likeness (QED) is 0.738. The summed E-state index contributed by atoms with van der Waals surface area (Å²) in [5.74, 6) is 0. The van der Waals surface area contributed by atoms with Crippen molar-refractivity contribution in [2.24, 2.45) is 4.99 Å². The number of hydrogen-bond acceptors (Lipinski definition) is 2. The topological polar surface area (TPSA) is 24.4 Å². The Balaban J connectivity index is 0. The van der Waals surface area contributed by atoms with Gasteiger partial charge in [-0.05, 0) is 32.4 Å². The molecule has 19 heavy (non-hydrogen) atoms. The Labute approximate surface area is 119 Å². The number of aliphatic imine (C=N–C) groups is 1. The summed E-state index contributed by atoms with van der Waals surface area (Å²) in [4.78, 5) is 4.59. The third-order valence-electron chi connectivity index (χ3n) is 2.35. The van der Waals surface area contributed by atoms with Crippen LogP contribution in [-0.2, 0) is 0 Å². The monoisotopic (exact) mass is 262 g/mol. The van der Waals surface area contributed by atoms with E-state index in [4.69, 9.17) is 0 Å². The number of aryl methyl sites for hydroxylation is 1. The molecule has 0 saturated carbocycles. The minimum atomic E-state index is 1.01. The lowest BCUT2D eigenvalue weighted by Crippen LogP contribution is -2.12. The number of nitrogens with zero attached hydrogens (tertiary/aromatic N) is 1. The summed E-state index contributed by atoms with van der Waals surface area (Å²) in [6.45, 7) is 14.1. The standard InChI is InChI=1S/C13H18N2.2C2H6/c1-5-12(14-4)11(3)15-13-9-7-6-8-10(13)2;2*1-2/h5-9,14H,1-4H3;2*1-2H3/b12-5-,15-11?;;. The molecular weight excluding hydrogens is 232 g/mol. The van der Waals surface area contributed by atoms with E-state index in [2.05, 4.69) is 23.3 Å². The number of hydrogen-bond donors (Lipinski definition) is 1. The molecule has 0 aliphatic rings. The van der Waals surface area contributed by atoms with Gasteiger partial charge in [0.2, 0.25) is 0 Å². The van der Waals surface area contributed by atoms with Crippen LogP contribution in [0.15, 0.2) is 41.0 Å². The van der Waals surface area contributed by atoms with Crippen LogP contribution >= 0.6 is 0 Å². The average Bonchev–Trinajstić information content (AvgIpc) is 2.47. The SMILES string of the molecule is C/C=C(\NC)C(C)=Nc1ccccc1C.CC.CC. The van der Waals surface area contributed by atoms with Crippen molar-refractivity contribution in [1.82, 2.24) is 5.32 Å². The summed E-state index contributed by atoms with van der Waals surface area (Å²) < 4.78 is 0. The highest BCUT2D eigenvalue weighted by Gasteiger charge is 1.99. The van der Waals surface area contributed by atoms with Gasteiger partial charge in [0, 0.05) is 7.05 Å². The van der Waals surface area contributed by atoms with Crippen LogP contribution in [0, 0.1) is 6.92 Å². The summed E-state index contributed by atoms with van der Waals surface area (Å²) in [5, 5.41) is 3.12. The van der Waals surface area contributed by atoms with Gasteiger partial charge in [0.1, 0.15) is 0 Å². The van der Waals surface area contributed by atoms with E-state index in [0.29, 0.717) is 0 Å². The first-order valence-electron chi connectivity index (χ1n) is 7.14. The molecule has 1 aromatic rings. The van der Waals surface area contributed by atoms with Crippen LogP contribution in [0.3, 0.4) is 0 Å². The molecule has 0 heterocycles. The Morgan fingerprint density at radius 1 is 1.11 bits per heavy atom. The van der Waals surface area contributed by atoms with Gasteiger partial charge in [-0.15, -0.1) is 0 Å². The Hall–Kier alpha value is -1.57. The smallest absolute Gasteiger partial charge is 0.0662 e. The average molecular weight is 262 g/mol. The molecule has 0 aliphatic carbocycles. The van der Waals surface area contributed by atoms with Crippen LogP contribution in [0.1, 0.15) is 47.1 Å². The summed E-state index contributed by atoms with van der Waals surface area (Å²) in [5.41, 5.74) is 4.31. The molecule has 0 saturated heterocycles. The Bertz CT molecular complexity index is 390. The van der Waals surface area contributed by atoms with Crippen LogP contribution in [-0.4, -0.2) is 12.8 Å². The zero-order chi connectivity index (χ0) is 15.3. The van der Waals surface area contributed by atoms with E-state index in [1.165, 1.54) is 5.56 Å². The van der Waals surface area contributed by atoms with Crippen molar-refractivity contribution in [3.8, 4) is 0 Å². The van der Waals surface area contributed by atoms with Gasteiger partial charge < -0.3 is 5.32 Å². The van der Waals surface area contributed by atoms with Gasteiger partial charge in [-0.3, -0.25) is 4.99 Å². The maximum absolute atomic E-state index is 4.59. The van der Waals surface area contributed by atoms with Crippen molar-refractivity contribution in [3.63, 3.8) is 0 Å². The molecule has 1 aromatic carbocycles. The molecule has 0 unspecified atom stereocenters. The largest absolute Gasteiger partial charge is 0.387 e. The fraction of sp³-hybridized carbons (Fsp3) is 0.471. The second kappa shape index (κ2) is 12.9. The van der Waals surface area contributed by atoms with Gasteiger partial charge in [-0.25, -0.2) is 0 Å². The predicted molar refractivity (Wildman–Crippen MR) is 89.5 cm³/mol. The highest BCUT2D eigenvalue weighted by Crippen LogP contribution is 2.18. The summed E-state index contributed by atoms with van der Waals surface area (Å²) >= 11 is 0. The zero-order valence-corrected chi connectivity index (χ0v) is 13.8. The van der Waals surface area contributed by atoms with E-state index >= 15 is 0 Å². The summed E-state index contributed by atoms with van der Waals surface area (Å²) in [6, 6.07) is 8.13. The Kier molecular flexibility index (Phi) is 13.4. The highest BCUT2D eigenvalue weighted by atomic mass is 14.9. The summed E-state index contributed by atoms with van der Waals surface area (Å²) in [6.07, 6.45) is 2.02. The molecule has 1 rings (SSSR count). The normalized spacial score (nSPS) is 10.7. The fourth-order valence-electron chi connectivity index (χ4n) is 1.46. The number of benzene rings is 1. The van der Waals surface area contributed by atoms with E-state index in [0.717, 1.165) is 17.1 Å². The molecule has 1 N–H and O–H groups in total. The van der Waals surface area contributed by atoms with Crippen molar-refractivity contribution in [1.29, 1.82) is 0 Å². The van der Waals surface area contributed by atoms with E-state index < -0.39 is 0 Å². The molecule has 0 aromatic heterocycles. The van der Waals surface area contributed by atoms with E-state index in [9.17, 15) is 0 Å². The molecule has 0 fully saturated rings. The van der Waals surface area contributed by atoms with Gasteiger partial charge in [0.05, 0.1) is 17.1 Å². The van der Waals surface area contributed by atoms with Gasteiger partial charge in [0.25, 0.3) is 0 Å². The molecule has 108 valence electrons. The van der Waals surface area contributed by atoms with Gasteiger partial charge >= 0.3 is 0 Å². The van der Waals surface area contributed by atoms with E-state index in [-0.39, 0.29) is 0 Å². The molecular formula is C17H30N2. The molecule has 0 radical (unpaired) electrons. The van der Waals surface area contributed by atoms with Crippen molar-refractivity contribution < 1.29 is 0 Å². The lowest BCUT2D eigenvalue weighted by Gasteiger charge is -2.06. The van der Waals surface area contributed by atoms with Crippen LogP contribution in [0.5, 0.6) is 0 Å². The highest BCUT2D eigenvalue weighted by molar-refractivity contribution is 5.99. The van der Waals surface area contributed by atoms with Gasteiger partial charge in [0.15, 0.2) is 0 Å². The van der Waals surface area contributed by atoms with Crippen molar-refractivity contribution in [2.45, 2.75) is 48.5 Å². The maximum atomic E-state index is 4.59. The lowest BCUT2D eigenvalue weighted by molar-refractivity contribution is 1.04. The van der Waals surface area contributed by atoms with Crippen LogP contribution < -0.4 is 5.32 Å². The third-order valence-corrected chi connectivity index (χ3v) is 2.35. The number of nitrogens with one attached hydrogen (secondary N) is 1. The summed E-state index contributed by atoms with van der Waals surface area (Å²) in [7, 11) is 1.91. The molecule has 0 spiro atoms. The number of allylic oxidation sites excluding steroid dienone is 2. The Morgan fingerprint density at radius 3 is 2.05 bits per heavy atom. The van der Waals surface area contributed by atoms with Crippen molar-refractivity contribution in [2.75, 3.05) is 7.05 Å². The predicted octanol–water partition coefficient (Wildman–Crippen LogP) is 5.26. The van der Waals surface area contributed by atoms with Crippen LogP contribution in [0.25, 0.3) is 0 Å². The number of para-hydroxylation sites is 1. The van der Waals surface area contributed by atoms with Crippen LogP contribution in [0.2, 0.25) is 0 Å². The minimum absolute atomic E-state index is 1.01. The Morgan fingerprint density at radius 2 is 1.63 bits per heavy atom. The molecule has 0 amide bonds. The van der Waals surface area contributed by atoms with E-state index in [1.54, 1.807) is 0 Å². The first-order chi connectivity index (χ1) is 9.19. The fourth-order valence-corrected chi connectivity index (χ4v) is 1.46. The zero-order valence-electron chi connectivity index (χ0n) is 13.8. The molecule has 2 heteroatoms. The van der Waals surface area contributed by atoms with Crippen molar-refractivity contribution in [3.05, 3.63) is 41.6 Å². The first-order valence-corrected chi connectivity index (χ1v) is 7.14. The molecule has 0 aliphatic heterocycles. The number of rotatable bonds is 3. The molecule has 0 atom stereocenters. The minimum Gasteiger partial charge on any atom is -0.387 e.